The first kappa shape index (κ1) is 13.0. The maximum Gasteiger partial charge on any atom is 0.294 e. The van der Waals surface area contributed by atoms with Crippen molar-refractivity contribution in [2.45, 2.75) is 0 Å². The zero-order valence-electron chi connectivity index (χ0n) is 9.65. The number of nitro groups is 1. The van der Waals surface area contributed by atoms with Gasteiger partial charge in [-0.2, -0.15) is 5.11 Å². The summed E-state index contributed by atoms with van der Waals surface area (Å²) in [6, 6.07) is 11.1. The van der Waals surface area contributed by atoms with Crippen molar-refractivity contribution in [3.63, 3.8) is 0 Å². The van der Waals surface area contributed by atoms with E-state index in [1.165, 1.54) is 12.1 Å². The number of nitrogens with two attached hydrogens (primary N) is 1. The summed E-state index contributed by atoms with van der Waals surface area (Å²) in [4.78, 5) is 10.2. The molecule has 0 saturated heterocycles. The van der Waals surface area contributed by atoms with Gasteiger partial charge in [-0.1, -0.05) is 23.7 Å². The number of anilines is 1. The molecule has 0 spiro atoms. The maximum absolute atomic E-state index is 10.7. The molecule has 0 amide bonds. The quantitative estimate of drug-likeness (QED) is 0.393. The molecule has 7 heteroatoms. The molecule has 0 aliphatic heterocycles. The van der Waals surface area contributed by atoms with Gasteiger partial charge in [0.2, 0.25) is 0 Å². The molecule has 2 aromatic rings. The van der Waals surface area contributed by atoms with E-state index in [1.807, 2.05) is 0 Å². The molecule has 19 heavy (non-hydrogen) atoms. The minimum absolute atomic E-state index is 0.0849. The first-order valence-electron chi connectivity index (χ1n) is 5.28. The minimum Gasteiger partial charge on any atom is -0.393 e. The average molecular weight is 277 g/mol. The highest BCUT2D eigenvalue weighted by molar-refractivity contribution is 6.32. The van der Waals surface area contributed by atoms with Crippen LogP contribution in [0.2, 0.25) is 5.02 Å². The van der Waals surface area contributed by atoms with Crippen molar-refractivity contribution in [1.29, 1.82) is 0 Å². The van der Waals surface area contributed by atoms with Crippen molar-refractivity contribution < 1.29 is 4.92 Å². The molecule has 0 unspecified atom stereocenters. The molecule has 2 N–H and O–H groups in total. The van der Waals surface area contributed by atoms with Crippen LogP contribution < -0.4 is 5.73 Å². The third-order valence-electron chi connectivity index (χ3n) is 2.34. The smallest absolute Gasteiger partial charge is 0.294 e. The Bertz CT molecular complexity index is 658. The number of nitro benzene ring substituents is 1. The van der Waals surface area contributed by atoms with Crippen LogP contribution in [0.25, 0.3) is 0 Å². The topological polar surface area (TPSA) is 93.9 Å². The van der Waals surface area contributed by atoms with Gasteiger partial charge in [0.15, 0.2) is 0 Å². The molecule has 2 rings (SSSR count). The van der Waals surface area contributed by atoms with Crippen LogP contribution in [0.4, 0.5) is 22.7 Å². The summed E-state index contributed by atoms with van der Waals surface area (Å²) in [6.07, 6.45) is 0. The summed E-state index contributed by atoms with van der Waals surface area (Å²) in [5.74, 6) is 0. The van der Waals surface area contributed by atoms with E-state index in [2.05, 4.69) is 10.2 Å². The second-order valence-corrected chi connectivity index (χ2v) is 4.06. The predicted molar refractivity (Wildman–Crippen MR) is 73.1 cm³/mol. The van der Waals surface area contributed by atoms with Crippen LogP contribution in [0.15, 0.2) is 52.7 Å². The Hall–Kier alpha value is -2.47. The molecule has 0 saturated carbocycles. The van der Waals surface area contributed by atoms with Crippen molar-refractivity contribution in [2.24, 2.45) is 10.2 Å². The standard InChI is InChI=1S/C12H9ClN4O2/c13-9-3-1-2-4-11(9)16-15-8-5-6-10(14)12(7-8)17(18)19/h1-7H,14H2/b16-15+. The van der Waals surface area contributed by atoms with Gasteiger partial charge in [0, 0.05) is 6.07 Å². The monoisotopic (exact) mass is 276 g/mol. The van der Waals surface area contributed by atoms with Gasteiger partial charge in [-0.15, -0.1) is 5.11 Å². The van der Waals surface area contributed by atoms with E-state index in [0.717, 1.165) is 0 Å². The summed E-state index contributed by atoms with van der Waals surface area (Å²) in [5, 5.41) is 19.0. The van der Waals surface area contributed by atoms with E-state index >= 15 is 0 Å². The van der Waals surface area contributed by atoms with Gasteiger partial charge < -0.3 is 5.73 Å². The van der Waals surface area contributed by atoms with Gasteiger partial charge in [-0.05, 0) is 24.3 Å². The van der Waals surface area contributed by atoms with Crippen LogP contribution >= 0.6 is 11.6 Å². The summed E-state index contributed by atoms with van der Waals surface area (Å²) in [5.41, 5.74) is 6.20. The van der Waals surface area contributed by atoms with Crippen molar-refractivity contribution in [3.05, 3.63) is 57.6 Å². The molecule has 0 heterocycles. The van der Waals surface area contributed by atoms with Crippen LogP contribution in [0, 0.1) is 10.1 Å². The van der Waals surface area contributed by atoms with E-state index in [9.17, 15) is 10.1 Å². The summed E-state index contributed by atoms with van der Waals surface area (Å²) >= 11 is 5.92. The molecular formula is C12H9ClN4O2. The molecular weight excluding hydrogens is 268 g/mol. The summed E-state index contributed by atoms with van der Waals surface area (Å²) < 4.78 is 0. The molecule has 0 fully saturated rings. The largest absolute Gasteiger partial charge is 0.393 e. The first-order chi connectivity index (χ1) is 9.08. The number of nitrogens with zero attached hydrogens (tertiary/aromatic N) is 3. The van der Waals surface area contributed by atoms with Crippen molar-refractivity contribution in [3.8, 4) is 0 Å². The molecule has 2 aromatic carbocycles. The fraction of sp³-hybridized carbons (Fsp3) is 0. The Morgan fingerprint density at radius 2 is 1.89 bits per heavy atom. The van der Waals surface area contributed by atoms with Crippen molar-refractivity contribution >= 4 is 34.4 Å². The third kappa shape index (κ3) is 3.05. The van der Waals surface area contributed by atoms with Crippen LogP contribution in [-0.2, 0) is 0 Å². The predicted octanol–water partition coefficient (Wildman–Crippen LogP) is 4.25. The Kier molecular flexibility index (Phi) is 3.72. The third-order valence-corrected chi connectivity index (χ3v) is 2.66. The number of rotatable bonds is 3. The molecule has 6 nitrogen and oxygen atoms in total. The van der Waals surface area contributed by atoms with E-state index < -0.39 is 4.92 Å². The summed E-state index contributed by atoms with van der Waals surface area (Å²) in [7, 11) is 0. The Labute approximate surface area is 113 Å². The number of hydrogen-bond acceptors (Lipinski definition) is 5. The normalized spacial score (nSPS) is 10.8. The van der Waals surface area contributed by atoms with E-state index in [-0.39, 0.29) is 11.4 Å². The van der Waals surface area contributed by atoms with Gasteiger partial charge in [-0.25, -0.2) is 0 Å². The second kappa shape index (κ2) is 5.45. The molecule has 96 valence electrons. The minimum atomic E-state index is -0.566. The second-order valence-electron chi connectivity index (χ2n) is 3.65. The fourth-order valence-corrected chi connectivity index (χ4v) is 1.57. The van der Waals surface area contributed by atoms with E-state index in [0.29, 0.717) is 16.4 Å². The highest BCUT2D eigenvalue weighted by atomic mass is 35.5. The Morgan fingerprint density at radius 1 is 1.16 bits per heavy atom. The van der Waals surface area contributed by atoms with Gasteiger partial charge in [0.1, 0.15) is 11.4 Å². The van der Waals surface area contributed by atoms with Gasteiger partial charge in [0.05, 0.1) is 15.6 Å². The van der Waals surface area contributed by atoms with E-state index in [1.54, 1.807) is 30.3 Å². The van der Waals surface area contributed by atoms with E-state index in [4.69, 9.17) is 17.3 Å². The van der Waals surface area contributed by atoms with Gasteiger partial charge >= 0.3 is 0 Å². The summed E-state index contributed by atoms with van der Waals surface area (Å²) in [6.45, 7) is 0. The fourth-order valence-electron chi connectivity index (χ4n) is 1.40. The number of azo groups is 1. The lowest BCUT2D eigenvalue weighted by atomic mass is 10.2. The first-order valence-corrected chi connectivity index (χ1v) is 5.66. The maximum atomic E-state index is 10.7. The van der Waals surface area contributed by atoms with Crippen molar-refractivity contribution in [1.82, 2.24) is 0 Å². The number of hydrogen-bond donors (Lipinski definition) is 1. The molecule has 0 aliphatic carbocycles. The van der Waals surface area contributed by atoms with Crippen molar-refractivity contribution in [2.75, 3.05) is 5.73 Å². The van der Waals surface area contributed by atoms with Gasteiger partial charge in [0.25, 0.3) is 5.69 Å². The zero-order chi connectivity index (χ0) is 13.8. The highest BCUT2D eigenvalue weighted by Crippen LogP contribution is 2.29. The highest BCUT2D eigenvalue weighted by Gasteiger charge is 2.11. The Morgan fingerprint density at radius 3 is 2.58 bits per heavy atom. The van der Waals surface area contributed by atoms with Crippen LogP contribution in [0.3, 0.4) is 0 Å². The molecule has 0 atom stereocenters. The van der Waals surface area contributed by atoms with Crippen LogP contribution in [-0.4, -0.2) is 4.92 Å². The molecule has 0 aromatic heterocycles. The van der Waals surface area contributed by atoms with Crippen LogP contribution in [0.1, 0.15) is 0 Å². The van der Waals surface area contributed by atoms with Crippen LogP contribution in [0.5, 0.6) is 0 Å². The lowest BCUT2D eigenvalue weighted by molar-refractivity contribution is -0.383. The zero-order valence-corrected chi connectivity index (χ0v) is 10.4. The average Bonchev–Trinajstić information content (AvgIpc) is 2.39. The SMILES string of the molecule is Nc1ccc(/N=N/c2ccccc2Cl)cc1[N+](=O)[O-]. The molecule has 0 radical (unpaired) electrons. The Balaban J connectivity index is 2.32. The number of benzene rings is 2. The lowest BCUT2D eigenvalue weighted by Crippen LogP contribution is -1.94. The molecule has 0 bridgehead atoms. The number of halogens is 1. The number of nitrogen functional groups attached to an aromatic ring is 1. The van der Waals surface area contributed by atoms with Gasteiger partial charge in [-0.3, -0.25) is 10.1 Å². The lowest BCUT2D eigenvalue weighted by Gasteiger charge is -1.98. The molecule has 0 aliphatic rings.